The maximum atomic E-state index is 5.22. The van der Waals surface area contributed by atoms with Crippen LogP contribution in [0, 0.1) is 0 Å². The van der Waals surface area contributed by atoms with Gasteiger partial charge in [-0.1, -0.05) is 0 Å². The van der Waals surface area contributed by atoms with Crippen molar-refractivity contribution < 1.29 is 4.74 Å². The number of H-pyrrole nitrogens is 1. The molecule has 0 amide bonds. The first-order chi connectivity index (χ1) is 7.86. The molecule has 1 aliphatic rings. The molecule has 1 atom stereocenters. The van der Waals surface area contributed by atoms with Gasteiger partial charge in [0.1, 0.15) is 5.75 Å². The maximum Gasteiger partial charge on any atom is 0.120 e. The Kier molecular flexibility index (Phi) is 2.33. The Labute approximate surface area is 94.8 Å². The van der Waals surface area contributed by atoms with Crippen LogP contribution in [0.2, 0.25) is 0 Å². The summed E-state index contributed by atoms with van der Waals surface area (Å²) in [5, 5.41) is 4.66. The van der Waals surface area contributed by atoms with Crippen LogP contribution in [0.5, 0.6) is 5.75 Å². The van der Waals surface area contributed by atoms with Crippen LogP contribution in [0.25, 0.3) is 10.9 Å². The fourth-order valence-electron chi connectivity index (χ4n) is 2.40. The van der Waals surface area contributed by atoms with Gasteiger partial charge in [-0.15, -0.1) is 0 Å². The van der Waals surface area contributed by atoms with Crippen LogP contribution in [0.3, 0.4) is 0 Å². The van der Waals surface area contributed by atoms with Crippen LogP contribution in [-0.2, 0) is 0 Å². The highest BCUT2D eigenvalue weighted by atomic mass is 16.5. The largest absolute Gasteiger partial charge is 0.497 e. The molecule has 2 heterocycles. The number of ether oxygens (including phenoxy) is 1. The number of hydrogen-bond acceptors (Lipinski definition) is 2. The van der Waals surface area contributed by atoms with Gasteiger partial charge in [-0.25, -0.2) is 0 Å². The molecule has 1 aliphatic heterocycles. The predicted molar refractivity (Wildman–Crippen MR) is 65.1 cm³/mol. The molecule has 0 bridgehead atoms. The van der Waals surface area contributed by atoms with Crippen molar-refractivity contribution in [3.63, 3.8) is 0 Å². The van der Waals surface area contributed by atoms with Gasteiger partial charge in [-0.3, -0.25) is 0 Å². The molecule has 3 nitrogen and oxygen atoms in total. The molecule has 2 N–H and O–H groups in total. The number of hydrogen-bond donors (Lipinski definition) is 2. The zero-order valence-electron chi connectivity index (χ0n) is 9.42. The summed E-state index contributed by atoms with van der Waals surface area (Å²) in [6.07, 6.45) is 1.23. The van der Waals surface area contributed by atoms with Crippen molar-refractivity contribution in [3.8, 4) is 5.75 Å². The van der Waals surface area contributed by atoms with E-state index in [2.05, 4.69) is 28.5 Å². The van der Waals surface area contributed by atoms with E-state index in [0.717, 1.165) is 18.8 Å². The Hall–Kier alpha value is -1.48. The van der Waals surface area contributed by atoms with Gasteiger partial charge in [-0.2, -0.15) is 0 Å². The molecule has 3 heteroatoms. The normalized spacial score (nSPS) is 20.4. The summed E-state index contributed by atoms with van der Waals surface area (Å²) in [6, 6.07) is 8.43. The van der Waals surface area contributed by atoms with Gasteiger partial charge in [-0.05, 0) is 36.6 Å². The van der Waals surface area contributed by atoms with Gasteiger partial charge < -0.3 is 15.0 Å². The molecule has 3 rings (SSSR count). The highest BCUT2D eigenvalue weighted by molar-refractivity contribution is 5.82. The Morgan fingerprint density at radius 1 is 1.31 bits per heavy atom. The molecule has 0 spiro atoms. The summed E-state index contributed by atoms with van der Waals surface area (Å²) in [6.45, 7) is 2.22. The minimum Gasteiger partial charge on any atom is -0.497 e. The third-order valence-electron chi connectivity index (χ3n) is 3.35. The maximum absolute atomic E-state index is 5.22. The van der Waals surface area contributed by atoms with Crippen molar-refractivity contribution in [1.82, 2.24) is 10.3 Å². The topological polar surface area (TPSA) is 37.0 Å². The second-order valence-corrected chi connectivity index (χ2v) is 4.37. The minimum absolute atomic E-state index is 0.637. The van der Waals surface area contributed by atoms with E-state index < -0.39 is 0 Å². The van der Waals surface area contributed by atoms with Gasteiger partial charge in [0.25, 0.3) is 0 Å². The van der Waals surface area contributed by atoms with E-state index in [1.54, 1.807) is 7.11 Å². The first kappa shape index (κ1) is 9.73. The molecule has 0 radical (unpaired) electrons. The third-order valence-corrected chi connectivity index (χ3v) is 3.35. The van der Waals surface area contributed by atoms with Crippen molar-refractivity contribution in [2.24, 2.45) is 0 Å². The fraction of sp³-hybridized carbons (Fsp3) is 0.385. The van der Waals surface area contributed by atoms with E-state index in [1.165, 1.54) is 23.0 Å². The molecule has 0 aliphatic carbocycles. The second-order valence-electron chi connectivity index (χ2n) is 4.37. The summed E-state index contributed by atoms with van der Waals surface area (Å²) in [5.41, 5.74) is 2.51. The highest BCUT2D eigenvalue weighted by Gasteiger charge is 2.18. The monoisotopic (exact) mass is 216 g/mol. The van der Waals surface area contributed by atoms with Crippen molar-refractivity contribution >= 4 is 10.9 Å². The highest BCUT2D eigenvalue weighted by Crippen LogP contribution is 2.27. The first-order valence-corrected chi connectivity index (χ1v) is 5.74. The van der Waals surface area contributed by atoms with E-state index in [1.807, 2.05) is 6.07 Å². The molecule has 1 aromatic carbocycles. The number of nitrogens with one attached hydrogen (secondary N) is 2. The Bertz CT molecular complexity index is 498. The van der Waals surface area contributed by atoms with E-state index in [9.17, 15) is 0 Å². The number of rotatable bonds is 2. The third kappa shape index (κ3) is 1.57. The average Bonchev–Trinajstić information content (AvgIpc) is 2.96. The van der Waals surface area contributed by atoms with Crippen LogP contribution in [0.4, 0.5) is 0 Å². The molecule has 0 saturated carbocycles. The van der Waals surface area contributed by atoms with Crippen LogP contribution in [-0.4, -0.2) is 25.2 Å². The minimum atomic E-state index is 0.637. The van der Waals surface area contributed by atoms with Crippen molar-refractivity contribution in [2.45, 2.75) is 12.3 Å². The van der Waals surface area contributed by atoms with Gasteiger partial charge in [0, 0.05) is 29.7 Å². The summed E-state index contributed by atoms with van der Waals surface area (Å²) >= 11 is 0. The standard InChI is InChI=1S/C13H16N2O/c1-16-11-3-2-9-6-12(15-13(9)7-11)10-4-5-14-8-10/h2-3,6-7,10,14-15H,4-5,8H2,1H3. The lowest BCUT2D eigenvalue weighted by atomic mass is 10.1. The quantitative estimate of drug-likeness (QED) is 0.808. The van der Waals surface area contributed by atoms with Gasteiger partial charge >= 0.3 is 0 Å². The number of aromatic nitrogens is 1. The van der Waals surface area contributed by atoms with E-state index >= 15 is 0 Å². The SMILES string of the molecule is COc1ccc2cc(C3CCNC3)[nH]c2c1. The number of methoxy groups -OCH3 is 1. The molecular weight excluding hydrogens is 200 g/mol. The van der Waals surface area contributed by atoms with Crippen LogP contribution < -0.4 is 10.1 Å². The Morgan fingerprint density at radius 2 is 2.25 bits per heavy atom. The second kappa shape index (κ2) is 3.83. The van der Waals surface area contributed by atoms with Crippen molar-refractivity contribution in [1.29, 1.82) is 0 Å². The summed E-state index contributed by atoms with van der Waals surface area (Å²) < 4.78 is 5.22. The average molecular weight is 216 g/mol. The molecule has 1 aromatic heterocycles. The van der Waals surface area contributed by atoms with E-state index in [-0.39, 0.29) is 0 Å². The molecule has 84 valence electrons. The van der Waals surface area contributed by atoms with E-state index in [4.69, 9.17) is 4.74 Å². The summed E-state index contributed by atoms with van der Waals surface area (Å²) in [4.78, 5) is 3.49. The fourth-order valence-corrected chi connectivity index (χ4v) is 2.40. The molecule has 1 fully saturated rings. The molecule has 2 aromatic rings. The lowest BCUT2D eigenvalue weighted by molar-refractivity contribution is 0.415. The van der Waals surface area contributed by atoms with Gasteiger partial charge in [0.05, 0.1) is 7.11 Å². The van der Waals surface area contributed by atoms with Crippen LogP contribution in [0.1, 0.15) is 18.0 Å². The molecular formula is C13H16N2O. The molecule has 16 heavy (non-hydrogen) atoms. The molecule has 1 saturated heterocycles. The van der Waals surface area contributed by atoms with Crippen molar-refractivity contribution in [2.75, 3.05) is 20.2 Å². The molecule has 1 unspecified atom stereocenters. The Balaban J connectivity index is 2.01. The van der Waals surface area contributed by atoms with Gasteiger partial charge in [0.15, 0.2) is 0 Å². The summed E-state index contributed by atoms with van der Waals surface area (Å²) in [7, 11) is 1.70. The van der Waals surface area contributed by atoms with Crippen LogP contribution in [0.15, 0.2) is 24.3 Å². The van der Waals surface area contributed by atoms with Gasteiger partial charge in [0.2, 0.25) is 0 Å². The first-order valence-electron chi connectivity index (χ1n) is 5.74. The number of benzene rings is 1. The smallest absolute Gasteiger partial charge is 0.120 e. The van der Waals surface area contributed by atoms with E-state index in [0.29, 0.717) is 5.92 Å². The number of aromatic amines is 1. The van der Waals surface area contributed by atoms with Crippen LogP contribution >= 0.6 is 0 Å². The zero-order chi connectivity index (χ0) is 11.0. The predicted octanol–water partition coefficient (Wildman–Crippen LogP) is 2.25. The zero-order valence-corrected chi connectivity index (χ0v) is 9.42. The lowest BCUT2D eigenvalue weighted by Gasteiger charge is -2.03. The Morgan fingerprint density at radius 3 is 3.00 bits per heavy atom. The summed E-state index contributed by atoms with van der Waals surface area (Å²) in [5.74, 6) is 1.55. The number of fused-ring (bicyclic) bond motifs is 1. The van der Waals surface area contributed by atoms with Crippen molar-refractivity contribution in [3.05, 3.63) is 30.0 Å². The lowest BCUT2D eigenvalue weighted by Crippen LogP contribution is -2.07.